The molecule has 0 saturated carbocycles. The monoisotopic (exact) mass is 343 g/mol. The second kappa shape index (κ2) is 5.96. The Kier molecular flexibility index (Phi) is 4.52. The van der Waals surface area contributed by atoms with Crippen LogP contribution in [0.4, 0.5) is 0 Å². The molecule has 6 heteroatoms. The highest BCUT2D eigenvalue weighted by molar-refractivity contribution is 9.10. The van der Waals surface area contributed by atoms with E-state index in [9.17, 15) is 9.59 Å². The number of halogens is 1. The summed E-state index contributed by atoms with van der Waals surface area (Å²) in [6.45, 7) is 0. The van der Waals surface area contributed by atoms with Gasteiger partial charge in [-0.3, -0.25) is 4.79 Å². The summed E-state index contributed by atoms with van der Waals surface area (Å²) >= 11 is 4.97. The van der Waals surface area contributed by atoms with Crippen LogP contribution in [0, 0.1) is 0 Å². The third kappa shape index (κ3) is 2.95. The Balaban J connectivity index is 2.21. The highest BCUT2D eigenvalue weighted by atomic mass is 79.9. The quantitative estimate of drug-likeness (QED) is 0.855. The van der Waals surface area contributed by atoms with Crippen LogP contribution in [0.5, 0.6) is 0 Å². The van der Waals surface area contributed by atoms with Gasteiger partial charge in [-0.1, -0.05) is 12.1 Å². The van der Waals surface area contributed by atoms with Crippen molar-refractivity contribution in [3.05, 3.63) is 34.3 Å². The van der Waals surface area contributed by atoms with Crippen LogP contribution in [0.3, 0.4) is 0 Å². The molecule has 1 aromatic carbocycles. The van der Waals surface area contributed by atoms with Crippen molar-refractivity contribution >= 4 is 39.6 Å². The van der Waals surface area contributed by atoms with Gasteiger partial charge in [-0.25, -0.2) is 4.79 Å². The van der Waals surface area contributed by atoms with Gasteiger partial charge in [0.05, 0.1) is 12.7 Å². The summed E-state index contributed by atoms with van der Waals surface area (Å²) in [4.78, 5) is 24.2. The molecule has 0 radical (unpaired) electrons. The summed E-state index contributed by atoms with van der Waals surface area (Å²) in [5.41, 5.74) is -0.381. The first-order valence-corrected chi connectivity index (χ1v) is 7.77. The second-order valence-electron chi connectivity index (χ2n) is 4.31. The third-order valence-corrected chi connectivity index (χ3v) is 4.95. The molecule has 0 aromatic heterocycles. The Labute approximate surface area is 124 Å². The highest BCUT2D eigenvalue weighted by Gasteiger charge is 2.44. The predicted octanol–water partition coefficient (Wildman–Crippen LogP) is 2.23. The Hall–Kier alpha value is -1.01. The second-order valence-corrected chi connectivity index (χ2v) is 6.27. The smallest absolute Gasteiger partial charge is 0.332 e. The van der Waals surface area contributed by atoms with Crippen molar-refractivity contribution < 1.29 is 14.3 Å². The Morgan fingerprint density at radius 1 is 1.42 bits per heavy atom. The minimum absolute atomic E-state index is 0.264. The van der Waals surface area contributed by atoms with E-state index < -0.39 is 5.54 Å². The summed E-state index contributed by atoms with van der Waals surface area (Å²) in [7, 11) is 1.34. The molecule has 4 nitrogen and oxygen atoms in total. The van der Waals surface area contributed by atoms with Gasteiger partial charge in [0.15, 0.2) is 0 Å². The number of amides is 1. The first-order valence-electron chi connectivity index (χ1n) is 5.82. The molecule has 2 rings (SSSR count). The molecule has 1 heterocycles. The van der Waals surface area contributed by atoms with Crippen molar-refractivity contribution in [2.75, 3.05) is 18.6 Å². The minimum Gasteiger partial charge on any atom is -0.467 e. The van der Waals surface area contributed by atoms with Crippen LogP contribution in [0.2, 0.25) is 0 Å². The lowest BCUT2D eigenvalue weighted by Gasteiger charge is -2.26. The molecule has 1 aliphatic heterocycles. The molecule has 0 spiro atoms. The van der Waals surface area contributed by atoms with Crippen LogP contribution >= 0.6 is 27.7 Å². The summed E-state index contributed by atoms with van der Waals surface area (Å²) in [5, 5.41) is 2.84. The summed E-state index contributed by atoms with van der Waals surface area (Å²) < 4.78 is 5.53. The van der Waals surface area contributed by atoms with Gasteiger partial charge in [-0.05, 0) is 40.2 Å². The highest BCUT2D eigenvalue weighted by Crippen LogP contribution is 2.30. The van der Waals surface area contributed by atoms with Crippen molar-refractivity contribution in [2.45, 2.75) is 12.0 Å². The van der Waals surface area contributed by atoms with E-state index in [1.54, 1.807) is 30.0 Å². The maximum absolute atomic E-state index is 12.3. The molecule has 1 amide bonds. The van der Waals surface area contributed by atoms with E-state index in [1.807, 2.05) is 6.07 Å². The Morgan fingerprint density at radius 2 is 2.16 bits per heavy atom. The zero-order valence-electron chi connectivity index (χ0n) is 10.4. The van der Waals surface area contributed by atoms with E-state index in [2.05, 4.69) is 21.2 Å². The number of carbonyl (C=O) groups is 2. The molecule has 1 unspecified atom stereocenters. The Bertz CT molecular complexity index is 500. The lowest BCUT2D eigenvalue weighted by molar-refractivity contribution is -0.147. The molecule has 0 aliphatic carbocycles. The van der Waals surface area contributed by atoms with Crippen molar-refractivity contribution in [3.8, 4) is 0 Å². The van der Waals surface area contributed by atoms with Crippen molar-refractivity contribution in [3.63, 3.8) is 0 Å². The average molecular weight is 344 g/mol. The fraction of sp³-hybridized carbons (Fsp3) is 0.385. The number of esters is 1. The van der Waals surface area contributed by atoms with Crippen LogP contribution < -0.4 is 5.32 Å². The third-order valence-electron chi connectivity index (χ3n) is 3.07. The predicted molar refractivity (Wildman–Crippen MR) is 78.3 cm³/mol. The molecule has 1 atom stereocenters. The van der Waals surface area contributed by atoms with Crippen LogP contribution in [-0.4, -0.2) is 36.0 Å². The Morgan fingerprint density at radius 3 is 2.74 bits per heavy atom. The number of thioether (sulfide) groups is 1. The molecule has 1 N–H and O–H groups in total. The molecule has 1 aliphatic rings. The van der Waals surface area contributed by atoms with Gasteiger partial charge in [-0.2, -0.15) is 11.8 Å². The van der Waals surface area contributed by atoms with Crippen molar-refractivity contribution in [2.24, 2.45) is 0 Å². The van der Waals surface area contributed by atoms with E-state index >= 15 is 0 Å². The van der Waals surface area contributed by atoms with E-state index in [4.69, 9.17) is 4.74 Å². The van der Waals surface area contributed by atoms with E-state index in [0.717, 1.165) is 5.75 Å². The number of carbonyl (C=O) groups excluding carboxylic acids is 2. The molecular formula is C13H14BrNO3S. The number of nitrogens with one attached hydrogen (secondary N) is 1. The average Bonchev–Trinajstić information content (AvgIpc) is 2.88. The molecule has 102 valence electrons. The fourth-order valence-electron chi connectivity index (χ4n) is 2.00. The summed E-state index contributed by atoms with van der Waals surface area (Å²) in [5.74, 6) is 0.750. The van der Waals surface area contributed by atoms with Gasteiger partial charge in [0.2, 0.25) is 0 Å². The van der Waals surface area contributed by atoms with Crippen LogP contribution in [-0.2, 0) is 9.53 Å². The summed E-state index contributed by atoms with van der Waals surface area (Å²) in [6, 6.07) is 7.13. The topological polar surface area (TPSA) is 55.4 Å². The van der Waals surface area contributed by atoms with Gasteiger partial charge in [0.25, 0.3) is 5.91 Å². The first-order chi connectivity index (χ1) is 9.09. The number of methoxy groups -OCH3 is 1. The molecule has 1 aromatic rings. The zero-order valence-corrected chi connectivity index (χ0v) is 12.8. The molecule has 19 heavy (non-hydrogen) atoms. The van der Waals surface area contributed by atoms with Crippen molar-refractivity contribution in [1.29, 1.82) is 0 Å². The maximum Gasteiger partial charge on any atom is 0.332 e. The van der Waals surface area contributed by atoms with Gasteiger partial charge in [0.1, 0.15) is 5.54 Å². The minimum atomic E-state index is -0.897. The molecule has 1 fully saturated rings. The molecular weight excluding hydrogens is 330 g/mol. The number of rotatable bonds is 3. The van der Waals surface area contributed by atoms with E-state index in [1.165, 1.54) is 7.11 Å². The van der Waals surface area contributed by atoms with Gasteiger partial charge < -0.3 is 10.1 Å². The summed E-state index contributed by atoms with van der Waals surface area (Å²) in [6.07, 6.45) is 0.598. The standard InChI is InChI=1S/C13H14BrNO3S/c1-18-12(17)13(6-7-19-8-13)15-11(16)9-4-2-3-5-10(9)14/h2-5H,6-8H2,1H3,(H,15,16). The van der Waals surface area contributed by atoms with Crippen LogP contribution in [0.1, 0.15) is 16.8 Å². The van der Waals surface area contributed by atoms with Gasteiger partial charge in [0, 0.05) is 10.2 Å². The van der Waals surface area contributed by atoms with Crippen molar-refractivity contribution in [1.82, 2.24) is 5.32 Å². The number of hydrogen-bond acceptors (Lipinski definition) is 4. The lowest BCUT2D eigenvalue weighted by Crippen LogP contribution is -2.55. The molecule has 0 bridgehead atoms. The SMILES string of the molecule is COC(=O)C1(NC(=O)c2ccccc2Br)CCSC1. The fourth-order valence-corrected chi connectivity index (χ4v) is 3.79. The maximum atomic E-state index is 12.3. The number of benzene rings is 1. The van der Waals surface area contributed by atoms with Crippen LogP contribution in [0.25, 0.3) is 0 Å². The van der Waals surface area contributed by atoms with Crippen LogP contribution in [0.15, 0.2) is 28.7 Å². The lowest BCUT2D eigenvalue weighted by atomic mass is 9.98. The largest absolute Gasteiger partial charge is 0.467 e. The normalized spacial score (nSPS) is 22.0. The van der Waals surface area contributed by atoms with E-state index in [-0.39, 0.29) is 11.9 Å². The number of hydrogen-bond donors (Lipinski definition) is 1. The molecule has 1 saturated heterocycles. The first kappa shape index (κ1) is 14.4. The van der Waals surface area contributed by atoms with Gasteiger partial charge in [-0.15, -0.1) is 0 Å². The van der Waals surface area contributed by atoms with Gasteiger partial charge >= 0.3 is 5.97 Å². The van der Waals surface area contributed by atoms with E-state index in [0.29, 0.717) is 22.2 Å². The zero-order chi connectivity index (χ0) is 13.9. The number of ether oxygens (including phenoxy) is 1.